The largest absolute Gasteiger partial charge is 0.354 e. The van der Waals surface area contributed by atoms with E-state index in [4.69, 9.17) is 16.9 Å². The summed E-state index contributed by atoms with van der Waals surface area (Å²) in [5, 5.41) is 15.7. The third-order valence-corrected chi connectivity index (χ3v) is 3.54. The molecular formula is C14H13BrClN5. The van der Waals surface area contributed by atoms with E-state index in [1.807, 2.05) is 0 Å². The minimum absolute atomic E-state index is 0.516. The Morgan fingerprint density at radius 2 is 2.24 bits per heavy atom. The lowest BCUT2D eigenvalue weighted by Gasteiger charge is -2.11. The van der Waals surface area contributed by atoms with Crippen LogP contribution in [0, 0.1) is 11.3 Å². The molecule has 1 aromatic carbocycles. The molecule has 5 nitrogen and oxygen atoms in total. The van der Waals surface area contributed by atoms with E-state index in [2.05, 4.69) is 49.5 Å². The van der Waals surface area contributed by atoms with Crippen molar-refractivity contribution < 1.29 is 0 Å². The van der Waals surface area contributed by atoms with Gasteiger partial charge in [-0.2, -0.15) is 10.2 Å². The van der Waals surface area contributed by atoms with Crippen molar-refractivity contribution in [3.8, 4) is 6.07 Å². The van der Waals surface area contributed by atoms with Gasteiger partial charge < -0.3 is 10.6 Å². The van der Waals surface area contributed by atoms with Gasteiger partial charge in [0.25, 0.3) is 0 Å². The van der Waals surface area contributed by atoms with Gasteiger partial charge in [-0.05, 0) is 40.5 Å². The lowest BCUT2D eigenvalue weighted by molar-refractivity contribution is 0.952. The Kier molecular flexibility index (Phi) is 5.37. The maximum atomic E-state index is 8.95. The molecule has 7 heteroatoms. The maximum Gasteiger partial charge on any atom is 0.224 e. The van der Waals surface area contributed by atoms with Gasteiger partial charge in [0.05, 0.1) is 26.8 Å². The summed E-state index contributed by atoms with van der Waals surface area (Å²) in [5.41, 5.74) is 1.15. The van der Waals surface area contributed by atoms with Crippen LogP contribution in [0.15, 0.2) is 28.9 Å². The molecule has 21 heavy (non-hydrogen) atoms. The molecule has 0 radical (unpaired) electrons. The first-order valence-electron chi connectivity index (χ1n) is 6.37. The number of nitrogens with one attached hydrogen (secondary N) is 2. The van der Waals surface area contributed by atoms with E-state index in [0.717, 1.165) is 13.0 Å². The van der Waals surface area contributed by atoms with Crippen molar-refractivity contribution >= 4 is 45.0 Å². The smallest absolute Gasteiger partial charge is 0.224 e. The molecule has 0 spiro atoms. The molecule has 0 aliphatic rings. The second-order valence-corrected chi connectivity index (χ2v) is 5.51. The molecule has 0 fully saturated rings. The highest BCUT2D eigenvalue weighted by atomic mass is 79.9. The molecule has 1 aromatic heterocycles. The first-order valence-corrected chi connectivity index (χ1v) is 7.54. The number of halogens is 2. The number of rotatable bonds is 5. The highest BCUT2D eigenvalue weighted by Crippen LogP contribution is 2.29. The number of nitrogens with zero attached hydrogens (tertiary/aromatic N) is 3. The van der Waals surface area contributed by atoms with Gasteiger partial charge in [0.2, 0.25) is 5.95 Å². The number of anilines is 3. The van der Waals surface area contributed by atoms with Crippen molar-refractivity contribution in [3.63, 3.8) is 0 Å². The molecule has 1 heterocycles. The average Bonchev–Trinajstić information content (AvgIpc) is 2.50. The van der Waals surface area contributed by atoms with E-state index in [0.29, 0.717) is 32.5 Å². The lowest BCUT2D eigenvalue weighted by atomic mass is 10.2. The van der Waals surface area contributed by atoms with Crippen LogP contribution in [0.2, 0.25) is 5.02 Å². The van der Waals surface area contributed by atoms with E-state index in [1.165, 1.54) is 0 Å². The molecule has 0 amide bonds. The summed E-state index contributed by atoms with van der Waals surface area (Å²) in [5.74, 6) is 1.12. The van der Waals surface area contributed by atoms with Gasteiger partial charge in [-0.1, -0.05) is 18.5 Å². The lowest BCUT2D eigenvalue weighted by Crippen LogP contribution is -2.06. The van der Waals surface area contributed by atoms with Gasteiger partial charge in [0, 0.05) is 12.7 Å². The van der Waals surface area contributed by atoms with Gasteiger partial charge in [-0.3, -0.25) is 0 Å². The van der Waals surface area contributed by atoms with Crippen LogP contribution in [0.4, 0.5) is 17.5 Å². The van der Waals surface area contributed by atoms with Crippen molar-refractivity contribution in [3.05, 3.63) is 39.5 Å². The average molecular weight is 367 g/mol. The van der Waals surface area contributed by atoms with Gasteiger partial charge in [-0.15, -0.1) is 0 Å². The number of benzene rings is 1. The third-order valence-electron chi connectivity index (χ3n) is 2.63. The van der Waals surface area contributed by atoms with Crippen LogP contribution in [0.5, 0.6) is 0 Å². The highest BCUT2D eigenvalue weighted by Gasteiger charge is 2.08. The van der Waals surface area contributed by atoms with E-state index in [1.54, 1.807) is 24.4 Å². The first-order chi connectivity index (χ1) is 10.1. The Hall–Kier alpha value is -1.84. The highest BCUT2D eigenvalue weighted by molar-refractivity contribution is 9.10. The van der Waals surface area contributed by atoms with Crippen molar-refractivity contribution in [2.75, 3.05) is 17.2 Å². The maximum absolute atomic E-state index is 8.95. The summed E-state index contributed by atoms with van der Waals surface area (Å²) >= 11 is 9.53. The minimum atomic E-state index is 0.516. The Labute approximate surface area is 136 Å². The standard InChI is InChI=1S/C14H13BrClN5/c1-2-5-18-14-19-8-10(15)13(21-14)20-12-6-9(7-17)3-4-11(12)16/h3-4,6,8H,2,5H2,1H3,(H2,18,19,20,21). The topological polar surface area (TPSA) is 73.6 Å². The fraction of sp³-hybridized carbons (Fsp3) is 0.214. The second kappa shape index (κ2) is 7.25. The van der Waals surface area contributed by atoms with E-state index >= 15 is 0 Å². The Morgan fingerprint density at radius 1 is 1.43 bits per heavy atom. The SMILES string of the molecule is CCCNc1ncc(Br)c(Nc2cc(C#N)ccc2Cl)n1. The van der Waals surface area contributed by atoms with Crippen LogP contribution in [-0.4, -0.2) is 16.5 Å². The Balaban J connectivity index is 2.28. The zero-order valence-corrected chi connectivity index (χ0v) is 13.7. The van der Waals surface area contributed by atoms with Gasteiger partial charge in [0.1, 0.15) is 5.82 Å². The predicted octanol–water partition coefficient (Wildman–Crippen LogP) is 4.33. The molecule has 2 rings (SSSR count). The second-order valence-electron chi connectivity index (χ2n) is 4.25. The zero-order valence-electron chi connectivity index (χ0n) is 11.3. The summed E-state index contributed by atoms with van der Waals surface area (Å²) in [6, 6.07) is 7.09. The van der Waals surface area contributed by atoms with Crippen LogP contribution in [-0.2, 0) is 0 Å². The molecule has 108 valence electrons. The normalized spacial score (nSPS) is 10.0. The van der Waals surface area contributed by atoms with Crippen LogP contribution < -0.4 is 10.6 Å². The molecule has 2 N–H and O–H groups in total. The molecule has 0 aliphatic carbocycles. The van der Waals surface area contributed by atoms with E-state index < -0.39 is 0 Å². The summed E-state index contributed by atoms with van der Waals surface area (Å²) in [7, 11) is 0. The van der Waals surface area contributed by atoms with Crippen molar-refractivity contribution in [2.45, 2.75) is 13.3 Å². The number of nitriles is 1. The molecule has 0 atom stereocenters. The molecule has 0 aliphatic heterocycles. The summed E-state index contributed by atoms with van der Waals surface area (Å²) in [6.07, 6.45) is 2.65. The van der Waals surface area contributed by atoms with Gasteiger partial charge >= 0.3 is 0 Å². The monoisotopic (exact) mass is 365 g/mol. The Bertz CT molecular complexity index is 684. The van der Waals surface area contributed by atoms with E-state index in [9.17, 15) is 0 Å². The molecule has 0 bridgehead atoms. The van der Waals surface area contributed by atoms with Crippen molar-refractivity contribution in [2.24, 2.45) is 0 Å². The zero-order chi connectivity index (χ0) is 15.2. The van der Waals surface area contributed by atoms with Gasteiger partial charge in [-0.25, -0.2) is 4.98 Å². The quantitative estimate of drug-likeness (QED) is 0.824. The number of hydrogen-bond donors (Lipinski definition) is 2. The van der Waals surface area contributed by atoms with E-state index in [-0.39, 0.29) is 0 Å². The van der Waals surface area contributed by atoms with Crippen molar-refractivity contribution in [1.82, 2.24) is 9.97 Å². The molecule has 2 aromatic rings. The summed E-state index contributed by atoms with van der Waals surface area (Å²) in [4.78, 5) is 8.56. The third kappa shape index (κ3) is 4.06. The summed E-state index contributed by atoms with van der Waals surface area (Å²) < 4.78 is 0.711. The molecular weight excluding hydrogens is 354 g/mol. The number of aromatic nitrogens is 2. The molecule has 0 unspecified atom stereocenters. The predicted molar refractivity (Wildman–Crippen MR) is 88.0 cm³/mol. The fourth-order valence-corrected chi connectivity index (χ4v) is 2.05. The first kappa shape index (κ1) is 15.5. The Morgan fingerprint density at radius 3 is 2.95 bits per heavy atom. The summed E-state index contributed by atoms with van der Waals surface area (Å²) in [6.45, 7) is 2.87. The molecule has 0 saturated heterocycles. The van der Waals surface area contributed by atoms with Crippen LogP contribution >= 0.6 is 27.5 Å². The van der Waals surface area contributed by atoms with Gasteiger partial charge in [0.15, 0.2) is 0 Å². The fourth-order valence-electron chi connectivity index (χ4n) is 1.59. The minimum Gasteiger partial charge on any atom is -0.354 e. The molecule has 0 saturated carbocycles. The number of hydrogen-bond acceptors (Lipinski definition) is 5. The van der Waals surface area contributed by atoms with Crippen LogP contribution in [0.1, 0.15) is 18.9 Å². The van der Waals surface area contributed by atoms with Crippen molar-refractivity contribution in [1.29, 1.82) is 5.26 Å². The van der Waals surface area contributed by atoms with Crippen LogP contribution in [0.3, 0.4) is 0 Å². The van der Waals surface area contributed by atoms with Crippen LogP contribution in [0.25, 0.3) is 0 Å².